The highest BCUT2D eigenvalue weighted by Crippen LogP contribution is 2.29. The molecule has 1 unspecified atom stereocenters. The Morgan fingerprint density at radius 1 is 1.20 bits per heavy atom. The lowest BCUT2D eigenvalue weighted by Gasteiger charge is -2.18. The Morgan fingerprint density at radius 2 is 1.67 bits per heavy atom. The second kappa shape index (κ2) is 4.31. The summed E-state index contributed by atoms with van der Waals surface area (Å²) >= 11 is 4.66. The molecule has 0 radical (unpaired) electrons. The zero-order valence-corrected chi connectivity index (χ0v) is 8.99. The molecule has 0 N–H and O–H groups in total. The summed E-state index contributed by atoms with van der Waals surface area (Å²) in [6.45, 7) is 3.46. The number of alkyl halides is 4. The Balaban J connectivity index is 2.89. The van der Waals surface area contributed by atoms with Gasteiger partial charge in [-0.15, -0.1) is 0 Å². The summed E-state index contributed by atoms with van der Waals surface area (Å²) in [6.07, 6.45) is -4.01. The molecule has 1 nitrogen and oxygen atoms in total. The predicted molar refractivity (Wildman–Crippen MR) is 52.2 cm³/mol. The molecule has 15 heavy (non-hydrogen) atoms. The molecule has 0 spiro atoms. The maximum absolute atomic E-state index is 12.8. The average molecular weight is 239 g/mol. The van der Waals surface area contributed by atoms with Gasteiger partial charge in [0.2, 0.25) is 0 Å². The minimum absolute atomic E-state index is 0.0965. The Bertz CT molecular complexity index is 332. The van der Waals surface area contributed by atoms with Crippen LogP contribution in [0.2, 0.25) is 0 Å². The third-order valence-electron chi connectivity index (χ3n) is 1.70. The third kappa shape index (κ3) is 3.30. The van der Waals surface area contributed by atoms with E-state index in [9.17, 15) is 13.2 Å². The summed E-state index contributed by atoms with van der Waals surface area (Å²) < 4.78 is 42.0. The monoisotopic (exact) mass is 238 g/mol. The maximum Gasteiger partial charge on any atom is 0.444 e. The first-order chi connectivity index (χ1) is 6.81. The number of halogens is 4. The van der Waals surface area contributed by atoms with Crippen molar-refractivity contribution in [3.8, 4) is 5.75 Å². The van der Waals surface area contributed by atoms with Crippen LogP contribution in [0.3, 0.4) is 0 Å². The molecule has 5 heteroatoms. The van der Waals surface area contributed by atoms with Crippen LogP contribution in [0, 0.1) is 13.8 Å². The molecule has 0 saturated heterocycles. The van der Waals surface area contributed by atoms with E-state index in [1.54, 1.807) is 19.9 Å². The van der Waals surface area contributed by atoms with Gasteiger partial charge in [0.15, 0.2) is 0 Å². The smallest absolute Gasteiger partial charge is 0.429 e. The Labute approximate surface area is 90.8 Å². The van der Waals surface area contributed by atoms with E-state index in [0.29, 0.717) is 0 Å². The quantitative estimate of drug-likeness (QED) is 0.728. The van der Waals surface area contributed by atoms with Gasteiger partial charge in [-0.3, -0.25) is 0 Å². The molecule has 1 atom stereocenters. The summed E-state index contributed by atoms with van der Waals surface area (Å²) in [5.74, 6) is -0.0965. The molecule has 0 heterocycles. The van der Waals surface area contributed by atoms with Crippen molar-refractivity contribution in [3.05, 3.63) is 29.3 Å². The van der Waals surface area contributed by atoms with Crippen LogP contribution in [0.15, 0.2) is 18.2 Å². The molecule has 0 aromatic heterocycles. The zero-order valence-electron chi connectivity index (χ0n) is 8.23. The summed E-state index contributed by atoms with van der Waals surface area (Å²) in [5.41, 5.74) is -1.35. The van der Waals surface area contributed by atoms with Crippen molar-refractivity contribution in [2.24, 2.45) is 0 Å². The number of hydrogen-bond donors (Lipinski definition) is 0. The number of rotatable bonds is 3. The number of aryl methyl sites for hydroxylation is 2. The molecule has 1 rings (SSSR count). The average Bonchev–Trinajstić information content (AvgIpc) is 1.99. The van der Waals surface area contributed by atoms with Gasteiger partial charge in [0.25, 0.3) is 5.63 Å². The Hall–Kier alpha value is -0.900. The standard InChI is InChI=1S/C10H10ClF3O/c1-6-3-7(2)5-8(4-6)15-10(13,14)9(11)12/h3-5,9H,1-2H3. The van der Waals surface area contributed by atoms with E-state index in [1.807, 2.05) is 0 Å². The van der Waals surface area contributed by atoms with Gasteiger partial charge in [0.1, 0.15) is 5.75 Å². The normalized spacial score (nSPS) is 13.7. The molecule has 0 fully saturated rings. The van der Waals surface area contributed by atoms with Gasteiger partial charge in [0.05, 0.1) is 0 Å². The molecular weight excluding hydrogens is 229 g/mol. The lowest BCUT2D eigenvalue weighted by molar-refractivity contribution is -0.199. The Morgan fingerprint density at radius 3 is 2.07 bits per heavy atom. The van der Waals surface area contributed by atoms with E-state index < -0.39 is 11.7 Å². The summed E-state index contributed by atoms with van der Waals surface area (Å²) in [6, 6.07) is 4.57. The van der Waals surface area contributed by atoms with E-state index in [-0.39, 0.29) is 5.75 Å². The highest BCUT2D eigenvalue weighted by Gasteiger charge is 2.42. The predicted octanol–water partition coefficient (Wildman–Crippen LogP) is 3.81. The number of benzene rings is 1. The highest BCUT2D eigenvalue weighted by molar-refractivity contribution is 6.20. The molecule has 0 amide bonds. The van der Waals surface area contributed by atoms with Crippen molar-refractivity contribution in [2.75, 3.05) is 0 Å². The van der Waals surface area contributed by atoms with E-state index in [1.165, 1.54) is 12.1 Å². The molecule has 84 valence electrons. The van der Waals surface area contributed by atoms with Crippen LogP contribution >= 0.6 is 11.6 Å². The van der Waals surface area contributed by atoms with E-state index in [4.69, 9.17) is 0 Å². The minimum Gasteiger partial charge on any atom is -0.429 e. The molecular formula is C10H10ClF3O. The van der Waals surface area contributed by atoms with Gasteiger partial charge >= 0.3 is 6.11 Å². The fraction of sp³-hybridized carbons (Fsp3) is 0.400. The fourth-order valence-corrected chi connectivity index (χ4v) is 1.24. The second-order valence-corrected chi connectivity index (χ2v) is 3.67. The van der Waals surface area contributed by atoms with Crippen molar-refractivity contribution in [1.29, 1.82) is 0 Å². The maximum atomic E-state index is 12.8. The van der Waals surface area contributed by atoms with Crippen LogP contribution < -0.4 is 4.74 Å². The topological polar surface area (TPSA) is 9.23 Å². The molecule has 0 aliphatic heterocycles. The zero-order chi connectivity index (χ0) is 11.6. The van der Waals surface area contributed by atoms with Gasteiger partial charge in [-0.2, -0.15) is 8.78 Å². The third-order valence-corrected chi connectivity index (χ3v) is 1.96. The molecule has 0 aliphatic rings. The molecule has 0 saturated carbocycles. The highest BCUT2D eigenvalue weighted by atomic mass is 35.5. The van der Waals surface area contributed by atoms with Gasteiger partial charge in [-0.05, 0) is 37.1 Å². The van der Waals surface area contributed by atoms with Gasteiger partial charge in [0, 0.05) is 0 Å². The van der Waals surface area contributed by atoms with Crippen LogP contribution in [0.25, 0.3) is 0 Å². The number of hydrogen-bond acceptors (Lipinski definition) is 1. The largest absolute Gasteiger partial charge is 0.444 e. The summed E-state index contributed by atoms with van der Waals surface area (Å²) in [4.78, 5) is 0. The molecule has 1 aromatic rings. The van der Waals surface area contributed by atoms with E-state index in [2.05, 4.69) is 16.3 Å². The SMILES string of the molecule is Cc1cc(C)cc(OC(F)(F)C(F)Cl)c1. The van der Waals surface area contributed by atoms with E-state index >= 15 is 0 Å². The van der Waals surface area contributed by atoms with Crippen LogP contribution in [0.4, 0.5) is 13.2 Å². The molecule has 0 bridgehead atoms. The minimum atomic E-state index is -4.01. The first-order valence-electron chi connectivity index (χ1n) is 4.24. The second-order valence-electron chi connectivity index (χ2n) is 3.29. The van der Waals surface area contributed by atoms with Gasteiger partial charge in [-0.25, -0.2) is 4.39 Å². The van der Waals surface area contributed by atoms with E-state index in [0.717, 1.165) is 11.1 Å². The van der Waals surface area contributed by atoms with Crippen molar-refractivity contribution < 1.29 is 17.9 Å². The first kappa shape index (κ1) is 12.2. The van der Waals surface area contributed by atoms with Crippen molar-refractivity contribution in [3.63, 3.8) is 0 Å². The van der Waals surface area contributed by atoms with Crippen LogP contribution in [-0.2, 0) is 0 Å². The number of ether oxygens (including phenoxy) is 1. The van der Waals surface area contributed by atoms with Gasteiger partial charge in [-0.1, -0.05) is 17.7 Å². The molecule has 0 aliphatic carbocycles. The fourth-order valence-electron chi connectivity index (χ4n) is 1.19. The van der Waals surface area contributed by atoms with Crippen molar-refractivity contribution >= 4 is 11.6 Å². The summed E-state index contributed by atoms with van der Waals surface area (Å²) in [7, 11) is 0. The molecule has 1 aromatic carbocycles. The summed E-state index contributed by atoms with van der Waals surface area (Å²) in [5, 5.41) is 0. The first-order valence-corrected chi connectivity index (χ1v) is 4.68. The van der Waals surface area contributed by atoms with Crippen LogP contribution in [0.5, 0.6) is 5.75 Å². The van der Waals surface area contributed by atoms with Crippen LogP contribution in [-0.4, -0.2) is 11.7 Å². The van der Waals surface area contributed by atoms with Crippen molar-refractivity contribution in [1.82, 2.24) is 0 Å². The lowest BCUT2D eigenvalue weighted by Crippen LogP contribution is -2.32. The van der Waals surface area contributed by atoms with Crippen molar-refractivity contribution in [2.45, 2.75) is 25.6 Å². The van der Waals surface area contributed by atoms with Crippen LogP contribution in [0.1, 0.15) is 11.1 Å². The Kier molecular flexibility index (Phi) is 3.50. The van der Waals surface area contributed by atoms with Gasteiger partial charge < -0.3 is 4.74 Å². The lowest BCUT2D eigenvalue weighted by atomic mass is 10.1.